The Hall–Kier alpha value is -0.780. The quantitative estimate of drug-likeness (QED) is 0.519. The molecule has 0 radical (unpaired) electrons. The highest BCUT2D eigenvalue weighted by atomic mass is 14.0. The van der Waals surface area contributed by atoms with Crippen LogP contribution in [-0.4, -0.2) is 0 Å². The van der Waals surface area contributed by atoms with Gasteiger partial charge in [-0.25, -0.2) is 0 Å². The Morgan fingerprint density at radius 1 is 1.08 bits per heavy atom. The lowest BCUT2D eigenvalue weighted by molar-refractivity contribution is 0.922. The Bertz CT molecular complexity index is 194. The first-order valence-electron chi connectivity index (χ1n) is 5.09. The van der Waals surface area contributed by atoms with Gasteiger partial charge in [0.2, 0.25) is 0 Å². The molecule has 0 fully saturated rings. The second-order valence-electron chi connectivity index (χ2n) is 3.55. The minimum atomic E-state index is 1.10. The van der Waals surface area contributed by atoms with Gasteiger partial charge in [-0.15, -0.1) is 6.58 Å². The molecule has 0 amide bonds. The van der Waals surface area contributed by atoms with Crippen LogP contribution in [0.5, 0.6) is 0 Å². The summed E-state index contributed by atoms with van der Waals surface area (Å²) in [7, 11) is 0. The molecule has 0 aromatic carbocycles. The molecule has 0 saturated carbocycles. The fourth-order valence-electron chi connectivity index (χ4n) is 1.12. The summed E-state index contributed by atoms with van der Waals surface area (Å²) < 4.78 is 0. The third-order valence-corrected chi connectivity index (χ3v) is 2.27. The third kappa shape index (κ3) is 7.58. The van der Waals surface area contributed by atoms with Gasteiger partial charge in [0, 0.05) is 0 Å². The minimum Gasteiger partial charge on any atom is -0.103 e. The maximum Gasteiger partial charge on any atom is -0.0288 e. The highest BCUT2D eigenvalue weighted by molar-refractivity contribution is 5.03. The van der Waals surface area contributed by atoms with Gasteiger partial charge in [-0.3, -0.25) is 0 Å². The first-order valence-corrected chi connectivity index (χ1v) is 5.09. The molecule has 74 valence electrons. The number of hydrogen-bond acceptors (Lipinski definition) is 0. The van der Waals surface area contributed by atoms with Crippen molar-refractivity contribution < 1.29 is 0 Å². The predicted octanol–water partition coefficient (Wildman–Crippen LogP) is 4.65. The molecule has 13 heavy (non-hydrogen) atoms. The summed E-state index contributed by atoms with van der Waals surface area (Å²) in [6.45, 7) is 10.2. The van der Waals surface area contributed by atoms with Crippen molar-refractivity contribution in [2.45, 2.75) is 46.5 Å². The van der Waals surface area contributed by atoms with Crippen molar-refractivity contribution in [2.75, 3.05) is 0 Å². The Morgan fingerprint density at radius 3 is 2.23 bits per heavy atom. The summed E-state index contributed by atoms with van der Waals surface area (Å²) in [5.74, 6) is 0. The molecule has 0 aliphatic heterocycles. The van der Waals surface area contributed by atoms with Crippen LogP contribution in [0.1, 0.15) is 46.5 Å². The van der Waals surface area contributed by atoms with E-state index in [1.807, 2.05) is 6.08 Å². The van der Waals surface area contributed by atoms with Crippen LogP contribution in [0.15, 0.2) is 36.0 Å². The number of hydrogen-bond donors (Lipinski definition) is 0. The van der Waals surface area contributed by atoms with Gasteiger partial charge in [-0.1, -0.05) is 29.4 Å². The molecule has 0 unspecified atom stereocenters. The molecule has 0 spiro atoms. The van der Waals surface area contributed by atoms with Crippen LogP contribution in [0.4, 0.5) is 0 Å². The van der Waals surface area contributed by atoms with Crippen LogP contribution >= 0.6 is 0 Å². The van der Waals surface area contributed by atoms with Crippen molar-refractivity contribution in [2.24, 2.45) is 0 Å². The fourth-order valence-corrected chi connectivity index (χ4v) is 1.12. The molecule has 0 N–H and O–H groups in total. The Labute approximate surface area is 83.0 Å². The molecular formula is C13H22. The summed E-state index contributed by atoms with van der Waals surface area (Å²) >= 11 is 0. The minimum absolute atomic E-state index is 1.10. The summed E-state index contributed by atoms with van der Waals surface area (Å²) in [6.07, 6.45) is 11.2. The molecule has 0 aliphatic carbocycles. The summed E-state index contributed by atoms with van der Waals surface area (Å²) in [4.78, 5) is 0. The normalized spacial score (nSPS) is 13.2. The van der Waals surface area contributed by atoms with Gasteiger partial charge in [0.25, 0.3) is 0 Å². The molecule has 0 aliphatic rings. The monoisotopic (exact) mass is 178 g/mol. The topological polar surface area (TPSA) is 0 Å². The molecule has 0 nitrogen and oxygen atoms in total. The zero-order valence-electron chi connectivity index (χ0n) is 9.27. The molecule has 0 heterocycles. The predicted molar refractivity (Wildman–Crippen MR) is 61.9 cm³/mol. The van der Waals surface area contributed by atoms with Crippen molar-refractivity contribution in [1.82, 2.24) is 0 Å². The maximum absolute atomic E-state index is 3.72. The number of allylic oxidation sites excluding steroid dienone is 5. The van der Waals surface area contributed by atoms with E-state index in [0.29, 0.717) is 0 Å². The van der Waals surface area contributed by atoms with E-state index in [2.05, 4.69) is 39.5 Å². The lowest BCUT2D eigenvalue weighted by Crippen LogP contribution is -1.79. The average Bonchev–Trinajstić information content (AvgIpc) is 2.14. The van der Waals surface area contributed by atoms with Gasteiger partial charge in [-0.05, 0) is 46.5 Å². The van der Waals surface area contributed by atoms with Crippen LogP contribution < -0.4 is 0 Å². The lowest BCUT2D eigenvalue weighted by atomic mass is 10.1. The van der Waals surface area contributed by atoms with E-state index in [1.54, 1.807) is 0 Å². The van der Waals surface area contributed by atoms with Crippen molar-refractivity contribution in [3.8, 4) is 0 Å². The van der Waals surface area contributed by atoms with Crippen LogP contribution in [0, 0.1) is 0 Å². The van der Waals surface area contributed by atoms with Crippen molar-refractivity contribution in [1.29, 1.82) is 0 Å². The van der Waals surface area contributed by atoms with Gasteiger partial charge >= 0.3 is 0 Å². The lowest BCUT2D eigenvalue weighted by Gasteiger charge is -1.99. The fraction of sp³-hybridized carbons (Fsp3) is 0.538. The van der Waals surface area contributed by atoms with E-state index in [1.165, 1.54) is 30.4 Å². The molecular weight excluding hydrogens is 156 g/mol. The van der Waals surface area contributed by atoms with E-state index >= 15 is 0 Å². The molecule has 0 heteroatoms. The van der Waals surface area contributed by atoms with Crippen molar-refractivity contribution in [3.05, 3.63) is 36.0 Å². The first kappa shape index (κ1) is 12.2. The van der Waals surface area contributed by atoms with Crippen molar-refractivity contribution in [3.63, 3.8) is 0 Å². The standard InChI is InChI=1S/C13H22/c1-5-7-9-13(4)11-8-10-12(3)6-2/h5-6,11H,1,7-10H2,2-4H3. The average molecular weight is 178 g/mol. The maximum atomic E-state index is 3.72. The SMILES string of the molecule is C=CCCC(C)=CCCC(C)=CC. The molecule has 0 rings (SSSR count). The van der Waals surface area contributed by atoms with E-state index in [-0.39, 0.29) is 0 Å². The molecule has 0 aromatic heterocycles. The van der Waals surface area contributed by atoms with Crippen LogP contribution in [-0.2, 0) is 0 Å². The van der Waals surface area contributed by atoms with E-state index in [0.717, 1.165) is 6.42 Å². The molecule has 0 bridgehead atoms. The smallest absolute Gasteiger partial charge is 0.0288 e. The van der Waals surface area contributed by atoms with Crippen molar-refractivity contribution >= 4 is 0 Å². The Morgan fingerprint density at radius 2 is 1.69 bits per heavy atom. The zero-order chi connectivity index (χ0) is 10.1. The van der Waals surface area contributed by atoms with Crippen LogP contribution in [0.25, 0.3) is 0 Å². The van der Waals surface area contributed by atoms with E-state index in [9.17, 15) is 0 Å². The Balaban J connectivity index is 3.64. The highest BCUT2D eigenvalue weighted by Crippen LogP contribution is 2.09. The Kier molecular flexibility index (Phi) is 7.38. The molecule has 0 saturated heterocycles. The summed E-state index contributed by atoms with van der Waals surface area (Å²) in [6, 6.07) is 0. The summed E-state index contributed by atoms with van der Waals surface area (Å²) in [5.41, 5.74) is 2.97. The third-order valence-electron chi connectivity index (χ3n) is 2.27. The zero-order valence-corrected chi connectivity index (χ0v) is 9.27. The number of rotatable bonds is 6. The van der Waals surface area contributed by atoms with Gasteiger partial charge in [0.1, 0.15) is 0 Å². The van der Waals surface area contributed by atoms with Crippen LogP contribution in [0.2, 0.25) is 0 Å². The molecule has 0 aromatic rings. The van der Waals surface area contributed by atoms with E-state index < -0.39 is 0 Å². The van der Waals surface area contributed by atoms with Gasteiger partial charge in [-0.2, -0.15) is 0 Å². The largest absolute Gasteiger partial charge is 0.103 e. The van der Waals surface area contributed by atoms with Gasteiger partial charge < -0.3 is 0 Å². The molecule has 0 atom stereocenters. The first-order chi connectivity index (χ1) is 6.20. The second kappa shape index (κ2) is 7.85. The van der Waals surface area contributed by atoms with E-state index in [4.69, 9.17) is 0 Å². The van der Waals surface area contributed by atoms with Crippen LogP contribution in [0.3, 0.4) is 0 Å². The highest BCUT2D eigenvalue weighted by Gasteiger charge is 1.89. The summed E-state index contributed by atoms with van der Waals surface area (Å²) in [5, 5.41) is 0. The van der Waals surface area contributed by atoms with Gasteiger partial charge in [0.05, 0.1) is 0 Å². The second-order valence-corrected chi connectivity index (χ2v) is 3.55. The van der Waals surface area contributed by atoms with Gasteiger partial charge in [0.15, 0.2) is 0 Å².